The minimum Gasteiger partial charge on any atom is -0.454 e. The lowest BCUT2D eigenvalue weighted by atomic mass is 9.65. The van der Waals surface area contributed by atoms with Gasteiger partial charge in [-0.3, -0.25) is 0 Å². The van der Waals surface area contributed by atoms with Crippen LogP contribution in [0.1, 0.15) is 22.3 Å². The molecule has 4 heteroatoms. The molecule has 0 N–H and O–H groups in total. The van der Waals surface area contributed by atoms with Crippen LogP contribution in [0.4, 0.5) is 0 Å². The Bertz CT molecular complexity index is 3460. The second-order valence-electron chi connectivity index (χ2n) is 15.7. The summed E-state index contributed by atoms with van der Waals surface area (Å²) in [5.74, 6) is 0.690. The van der Waals surface area contributed by atoms with Gasteiger partial charge in [-0.05, 0) is 76.9 Å². The van der Waals surface area contributed by atoms with Gasteiger partial charge in [0.25, 0.3) is 0 Å². The normalized spacial score (nSPS) is 11.9. The molecule has 286 valence electrons. The Balaban J connectivity index is 1.11. The quantitative estimate of drug-likeness (QED) is 0.151. The molecule has 0 saturated heterocycles. The number of nitrogens with zero attached hydrogens (tertiary/aromatic N) is 3. The first-order valence-corrected chi connectivity index (χ1v) is 20.7. The van der Waals surface area contributed by atoms with E-state index in [-0.39, 0.29) is 0 Å². The van der Waals surface area contributed by atoms with E-state index < -0.39 is 5.41 Å². The molecule has 4 nitrogen and oxygen atoms in total. The average molecular weight is 780 g/mol. The summed E-state index contributed by atoms with van der Waals surface area (Å²) in [6, 6.07) is 79.9. The van der Waals surface area contributed by atoms with Crippen LogP contribution in [-0.4, -0.2) is 14.5 Å². The first-order chi connectivity index (χ1) is 30.3. The summed E-state index contributed by atoms with van der Waals surface area (Å²) >= 11 is 0. The maximum Gasteiger partial charge on any atom is 0.160 e. The van der Waals surface area contributed by atoms with Gasteiger partial charge >= 0.3 is 0 Å². The molecule has 0 bridgehead atoms. The van der Waals surface area contributed by atoms with E-state index in [0.29, 0.717) is 5.82 Å². The molecule has 0 aliphatic carbocycles. The molecule has 9 aromatic carbocycles. The van der Waals surface area contributed by atoms with Gasteiger partial charge in [-0.15, -0.1) is 0 Å². The summed E-state index contributed by atoms with van der Waals surface area (Å²) in [5, 5.41) is 5.50. The highest BCUT2D eigenvalue weighted by molar-refractivity contribution is 6.21. The molecule has 0 aliphatic heterocycles. The number of rotatable bonds is 7. The highest BCUT2D eigenvalue weighted by Gasteiger charge is 2.38. The third kappa shape index (κ3) is 5.46. The number of aromatic nitrogens is 3. The Labute approximate surface area is 352 Å². The van der Waals surface area contributed by atoms with Gasteiger partial charge in [0.15, 0.2) is 11.4 Å². The van der Waals surface area contributed by atoms with Crippen molar-refractivity contribution >= 4 is 54.6 Å². The van der Waals surface area contributed by atoms with Crippen LogP contribution in [0.15, 0.2) is 229 Å². The molecule has 0 spiro atoms. The van der Waals surface area contributed by atoms with Crippen LogP contribution in [0.3, 0.4) is 0 Å². The van der Waals surface area contributed by atoms with Crippen molar-refractivity contribution < 1.29 is 4.42 Å². The summed E-state index contributed by atoms with van der Waals surface area (Å²) in [4.78, 5) is 10.2. The van der Waals surface area contributed by atoms with Crippen LogP contribution >= 0.6 is 0 Å². The molecule has 0 unspecified atom stereocenters. The number of fused-ring (bicyclic) bond motifs is 8. The summed E-state index contributed by atoms with van der Waals surface area (Å²) in [6.45, 7) is 0. The monoisotopic (exact) mass is 779 g/mol. The van der Waals surface area contributed by atoms with Gasteiger partial charge in [0.1, 0.15) is 5.58 Å². The van der Waals surface area contributed by atoms with Crippen molar-refractivity contribution in [3.63, 3.8) is 0 Å². The Morgan fingerprint density at radius 1 is 0.393 bits per heavy atom. The third-order valence-electron chi connectivity index (χ3n) is 12.4. The highest BCUT2D eigenvalue weighted by Crippen LogP contribution is 2.48. The molecule has 0 radical (unpaired) electrons. The fraction of sp³-hybridized carbons (Fsp3) is 0.0175. The molecule has 61 heavy (non-hydrogen) atoms. The summed E-state index contributed by atoms with van der Waals surface area (Å²) in [6.07, 6.45) is 0. The fourth-order valence-electron chi connectivity index (χ4n) is 9.63. The van der Waals surface area contributed by atoms with Crippen molar-refractivity contribution in [1.29, 1.82) is 0 Å². The molecule has 0 saturated carbocycles. The number of benzene rings is 9. The Morgan fingerprint density at radius 3 is 1.64 bits per heavy atom. The van der Waals surface area contributed by atoms with Crippen molar-refractivity contribution in [3.05, 3.63) is 247 Å². The topological polar surface area (TPSA) is 43.9 Å². The lowest BCUT2D eigenvalue weighted by Gasteiger charge is -2.37. The van der Waals surface area contributed by atoms with Crippen LogP contribution in [0.5, 0.6) is 0 Å². The zero-order valence-corrected chi connectivity index (χ0v) is 33.1. The van der Waals surface area contributed by atoms with Crippen LogP contribution in [0, 0.1) is 0 Å². The van der Waals surface area contributed by atoms with E-state index in [1.807, 2.05) is 24.3 Å². The predicted octanol–water partition coefficient (Wildman–Crippen LogP) is 14.3. The second-order valence-corrected chi connectivity index (χ2v) is 15.7. The molecule has 0 aliphatic rings. The summed E-state index contributed by atoms with van der Waals surface area (Å²) in [5.41, 5.74) is 13.0. The third-order valence-corrected chi connectivity index (χ3v) is 12.4. The molecule has 0 atom stereocenters. The minimum absolute atomic E-state index is 0.587. The summed E-state index contributed by atoms with van der Waals surface area (Å²) < 4.78 is 9.18. The zero-order valence-electron chi connectivity index (χ0n) is 33.1. The van der Waals surface area contributed by atoms with Gasteiger partial charge in [0, 0.05) is 43.7 Å². The van der Waals surface area contributed by atoms with E-state index in [9.17, 15) is 0 Å². The van der Waals surface area contributed by atoms with Crippen molar-refractivity contribution in [2.75, 3.05) is 0 Å². The molecular formula is C57H37N3O. The van der Waals surface area contributed by atoms with E-state index in [1.54, 1.807) is 0 Å². The van der Waals surface area contributed by atoms with Crippen LogP contribution < -0.4 is 0 Å². The van der Waals surface area contributed by atoms with Crippen molar-refractivity contribution in [1.82, 2.24) is 14.5 Å². The number of furan rings is 1. The predicted molar refractivity (Wildman–Crippen MR) is 250 cm³/mol. The van der Waals surface area contributed by atoms with Crippen LogP contribution in [0.25, 0.3) is 83.0 Å². The van der Waals surface area contributed by atoms with Crippen LogP contribution in [-0.2, 0) is 5.41 Å². The molecule has 12 aromatic rings. The summed E-state index contributed by atoms with van der Waals surface area (Å²) in [7, 11) is 0. The molecular weight excluding hydrogens is 743 g/mol. The maximum atomic E-state index is 6.81. The van der Waals surface area contributed by atoms with Crippen molar-refractivity contribution in [2.45, 2.75) is 5.41 Å². The van der Waals surface area contributed by atoms with Gasteiger partial charge in [-0.1, -0.05) is 170 Å². The van der Waals surface area contributed by atoms with Gasteiger partial charge in [0.2, 0.25) is 0 Å². The molecule has 0 amide bonds. The lowest BCUT2D eigenvalue weighted by Crippen LogP contribution is -2.30. The van der Waals surface area contributed by atoms with Gasteiger partial charge < -0.3 is 8.98 Å². The maximum absolute atomic E-state index is 6.81. The molecule has 3 heterocycles. The highest BCUT2D eigenvalue weighted by atomic mass is 16.3. The SMILES string of the molecule is c1ccc(-c2nc(-c3ccc(-n4c5ccc(C(c6ccccc6)(c6ccccc6)c6ccccc6)cc5c5ccc6c7ccccc7oc6c54)cc3)nc3ccccc23)cc1. The van der Waals surface area contributed by atoms with Crippen LogP contribution in [0.2, 0.25) is 0 Å². The zero-order chi connectivity index (χ0) is 40.3. The first-order valence-electron chi connectivity index (χ1n) is 20.7. The smallest absolute Gasteiger partial charge is 0.160 e. The Hall–Kier alpha value is -8.08. The van der Waals surface area contributed by atoms with E-state index in [2.05, 4.69) is 205 Å². The number of hydrogen-bond acceptors (Lipinski definition) is 3. The van der Waals surface area contributed by atoms with E-state index in [4.69, 9.17) is 14.4 Å². The number of hydrogen-bond donors (Lipinski definition) is 0. The lowest BCUT2D eigenvalue weighted by molar-refractivity contribution is 0.671. The Morgan fingerprint density at radius 2 is 0.967 bits per heavy atom. The second kappa shape index (κ2) is 14.0. The van der Waals surface area contributed by atoms with E-state index >= 15 is 0 Å². The van der Waals surface area contributed by atoms with Crippen molar-refractivity contribution in [2.24, 2.45) is 0 Å². The van der Waals surface area contributed by atoms with Gasteiger partial charge in [-0.25, -0.2) is 9.97 Å². The Kier molecular flexibility index (Phi) is 8.04. The van der Waals surface area contributed by atoms with Crippen molar-refractivity contribution in [3.8, 4) is 28.3 Å². The van der Waals surface area contributed by atoms with E-state index in [1.165, 1.54) is 22.3 Å². The standard InChI is InChI=1S/C57H37N3O/c1-5-17-38(18-6-1)53-48-26-13-15-27-50(48)58-56(59-53)39-29-32-44(33-30-39)60-51-36-31-43(37-49(51)46-34-35-47-45-25-14-16-28-52(45)61-55(47)54(46)60)57(40-19-7-2-8-20-40,41-21-9-3-10-22-41)42-23-11-4-12-24-42/h1-37H. The van der Waals surface area contributed by atoms with Gasteiger partial charge in [0.05, 0.1) is 27.7 Å². The number of para-hydroxylation sites is 2. The first kappa shape index (κ1) is 34.9. The average Bonchev–Trinajstić information content (AvgIpc) is 3.89. The fourth-order valence-corrected chi connectivity index (χ4v) is 9.63. The molecule has 3 aromatic heterocycles. The molecule has 12 rings (SSSR count). The minimum atomic E-state index is -0.587. The molecule has 0 fully saturated rings. The van der Waals surface area contributed by atoms with E-state index in [0.717, 1.165) is 77.2 Å². The van der Waals surface area contributed by atoms with Gasteiger partial charge in [-0.2, -0.15) is 0 Å². The largest absolute Gasteiger partial charge is 0.454 e.